The normalized spacial score (nSPS) is 32.0. The third-order valence-electron chi connectivity index (χ3n) is 6.24. The number of benzene rings is 1. The molecule has 2 aliphatic carbocycles. The summed E-state index contributed by atoms with van der Waals surface area (Å²) >= 11 is 0. The zero-order valence-electron chi connectivity index (χ0n) is 15.1. The van der Waals surface area contributed by atoms with E-state index >= 15 is 0 Å². The fraction of sp³-hybridized carbons (Fsp3) is 0.650. The van der Waals surface area contributed by atoms with Crippen LogP contribution in [0.2, 0.25) is 0 Å². The number of ketones is 1. The molecule has 24 heavy (non-hydrogen) atoms. The van der Waals surface area contributed by atoms with Crippen LogP contribution in [0.1, 0.15) is 57.1 Å². The first-order chi connectivity index (χ1) is 11.4. The van der Waals surface area contributed by atoms with Gasteiger partial charge in [-0.05, 0) is 36.8 Å². The minimum Gasteiger partial charge on any atom is -0.493 e. The highest BCUT2D eigenvalue weighted by Crippen LogP contribution is 2.59. The topological polar surface area (TPSA) is 55.8 Å². The van der Waals surface area contributed by atoms with Gasteiger partial charge in [-0.25, -0.2) is 0 Å². The summed E-state index contributed by atoms with van der Waals surface area (Å²) in [5.41, 5.74) is 0.723. The Morgan fingerprint density at radius 1 is 1.29 bits per heavy atom. The number of ether oxygens (including phenoxy) is 2. The summed E-state index contributed by atoms with van der Waals surface area (Å²) in [5.74, 6) is 1.70. The third-order valence-corrected chi connectivity index (χ3v) is 6.24. The van der Waals surface area contributed by atoms with Crippen molar-refractivity contribution in [1.29, 1.82) is 0 Å². The van der Waals surface area contributed by atoms with E-state index in [1.807, 2.05) is 6.07 Å². The smallest absolute Gasteiger partial charge is 0.164 e. The van der Waals surface area contributed by atoms with E-state index in [0.29, 0.717) is 30.8 Å². The zero-order chi connectivity index (χ0) is 17.5. The molecule has 0 aliphatic heterocycles. The number of fused-ring (bicyclic) bond motifs is 3. The standard InChI is InChI=1S/C20H28O4/c1-5-9-19-12-15(21)8-10-20(19,22)13(2)11-14-6-7-16(23-3)18(24-4)17(14)19/h6-7,13,22H,5,8-12H2,1-4H3. The van der Waals surface area contributed by atoms with Gasteiger partial charge in [0.2, 0.25) is 0 Å². The molecule has 4 nitrogen and oxygen atoms in total. The minimum absolute atomic E-state index is 0.114. The van der Waals surface area contributed by atoms with E-state index in [2.05, 4.69) is 19.9 Å². The van der Waals surface area contributed by atoms with Crippen LogP contribution in [0.15, 0.2) is 12.1 Å². The van der Waals surface area contributed by atoms with Gasteiger partial charge >= 0.3 is 0 Å². The summed E-state index contributed by atoms with van der Waals surface area (Å²) in [4.78, 5) is 12.4. The Kier molecular flexibility index (Phi) is 4.37. The lowest BCUT2D eigenvalue weighted by Crippen LogP contribution is -2.62. The Balaban J connectivity index is 2.33. The first-order valence-corrected chi connectivity index (χ1v) is 8.92. The molecule has 0 amide bonds. The highest BCUT2D eigenvalue weighted by Gasteiger charge is 2.60. The molecule has 4 heteroatoms. The van der Waals surface area contributed by atoms with Crippen LogP contribution in [0.5, 0.6) is 11.5 Å². The van der Waals surface area contributed by atoms with E-state index < -0.39 is 11.0 Å². The van der Waals surface area contributed by atoms with Gasteiger partial charge in [0.25, 0.3) is 0 Å². The van der Waals surface area contributed by atoms with Gasteiger partial charge in [-0.1, -0.05) is 26.3 Å². The van der Waals surface area contributed by atoms with Crippen molar-refractivity contribution in [3.63, 3.8) is 0 Å². The Bertz CT molecular complexity index is 653. The molecular weight excluding hydrogens is 304 g/mol. The third kappa shape index (κ3) is 2.19. The molecule has 1 aromatic rings. The molecule has 0 aromatic heterocycles. The Hall–Kier alpha value is -1.55. The van der Waals surface area contributed by atoms with Crippen LogP contribution < -0.4 is 9.47 Å². The molecule has 0 saturated heterocycles. The van der Waals surface area contributed by atoms with E-state index in [4.69, 9.17) is 9.47 Å². The van der Waals surface area contributed by atoms with E-state index in [0.717, 1.165) is 24.8 Å². The maximum Gasteiger partial charge on any atom is 0.164 e. The average Bonchev–Trinajstić information content (AvgIpc) is 2.56. The predicted octanol–water partition coefficient (Wildman–Crippen LogP) is 3.42. The van der Waals surface area contributed by atoms with Gasteiger partial charge in [0.1, 0.15) is 5.78 Å². The molecule has 3 unspecified atom stereocenters. The van der Waals surface area contributed by atoms with Gasteiger partial charge in [0.05, 0.1) is 19.8 Å². The molecule has 1 N–H and O–H groups in total. The molecule has 2 aliphatic rings. The maximum absolute atomic E-state index is 12.4. The monoisotopic (exact) mass is 332 g/mol. The van der Waals surface area contributed by atoms with Crippen LogP contribution in [0.25, 0.3) is 0 Å². The van der Waals surface area contributed by atoms with E-state index in [9.17, 15) is 9.90 Å². The number of hydrogen-bond acceptors (Lipinski definition) is 4. The van der Waals surface area contributed by atoms with Crippen molar-refractivity contribution in [3.8, 4) is 11.5 Å². The molecule has 132 valence electrons. The lowest BCUT2D eigenvalue weighted by atomic mass is 9.49. The van der Waals surface area contributed by atoms with Crippen LogP contribution in [-0.4, -0.2) is 30.7 Å². The van der Waals surface area contributed by atoms with Gasteiger partial charge in [0.15, 0.2) is 11.5 Å². The Morgan fingerprint density at radius 3 is 2.67 bits per heavy atom. The van der Waals surface area contributed by atoms with Crippen molar-refractivity contribution < 1.29 is 19.4 Å². The average molecular weight is 332 g/mol. The molecule has 0 heterocycles. The quantitative estimate of drug-likeness (QED) is 0.918. The number of hydrogen-bond donors (Lipinski definition) is 1. The van der Waals surface area contributed by atoms with Gasteiger partial charge in [0, 0.05) is 23.8 Å². The lowest BCUT2D eigenvalue weighted by molar-refractivity contribution is -0.148. The van der Waals surface area contributed by atoms with Crippen molar-refractivity contribution in [1.82, 2.24) is 0 Å². The van der Waals surface area contributed by atoms with Crippen molar-refractivity contribution in [2.24, 2.45) is 5.92 Å². The van der Waals surface area contributed by atoms with Crippen molar-refractivity contribution >= 4 is 5.78 Å². The zero-order valence-corrected chi connectivity index (χ0v) is 15.1. The van der Waals surface area contributed by atoms with Crippen molar-refractivity contribution in [2.45, 2.75) is 63.4 Å². The van der Waals surface area contributed by atoms with Gasteiger partial charge in [-0.15, -0.1) is 0 Å². The van der Waals surface area contributed by atoms with Gasteiger partial charge in [-0.3, -0.25) is 4.79 Å². The van der Waals surface area contributed by atoms with Gasteiger partial charge < -0.3 is 14.6 Å². The number of carbonyl (C=O) groups is 1. The van der Waals surface area contributed by atoms with Crippen LogP contribution >= 0.6 is 0 Å². The molecule has 0 bridgehead atoms. The first-order valence-electron chi connectivity index (χ1n) is 8.92. The van der Waals surface area contributed by atoms with Crippen molar-refractivity contribution in [2.75, 3.05) is 14.2 Å². The van der Waals surface area contributed by atoms with Crippen LogP contribution in [0.3, 0.4) is 0 Å². The lowest BCUT2D eigenvalue weighted by Gasteiger charge is -2.57. The number of methoxy groups -OCH3 is 2. The largest absolute Gasteiger partial charge is 0.493 e. The number of rotatable bonds is 4. The second kappa shape index (κ2) is 6.07. The van der Waals surface area contributed by atoms with Gasteiger partial charge in [-0.2, -0.15) is 0 Å². The van der Waals surface area contributed by atoms with E-state index in [-0.39, 0.29) is 11.7 Å². The van der Waals surface area contributed by atoms with Crippen molar-refractivity contribution in [3.05, 3.63) is 23.3 Å². The highest BCUT2D eigenvalue weighted by atomic mass is 16.5. The summed E-state index contributed by atoms with van der Waals surface area (Å²) < 4.78 is 11.2. The summed E-state index contributed by atoms with van der Waals surface area (Å²) in [6.07, 6.45) is 3.86. The Morgan fingerprint density at radius 2 is 2.04 bits per heavy atom. The number of aliphatic hydroxyl groups is 1. The van der Waals surface area contributed by atoms with E-state index in [1.54, 1.807) is 14.2 Å². The molecule has 3 atom stereocenters. The second-order valence-corrected chi connectivity index (χ2v) is 7.41. The SMILES string of the molecule is CCCC12CC(=O)CCC1(O)C(C)Cc1ccc(OC)c(OC)c12. The number of carbonyl (C=O) groups excluding carboxylic acids is 1. The molecular formula is C20H28O4. The van der Waals surface area contributed by atoms with E-state index in [1.165, 1.54) is 5.56 Å². The fourth-order valence-corrected chi connectivity index (χ4v) is 5.19. The predicted molar refractivity (Wildman–Crippen MR) is 92.8 cm³/mol. The molecule has 3 rings (SSSR count). The molecule has 0 radical (unpaired) electrons. The second-order valence-electron chi connectivity index (χ2n) is 7.41. The summed E-state index contributed by atoms with van der Waals surface area (Å²) in [6, 6.07) is 4.00. The molecule has 1 saturated carbocycles. The Labute approximate surface area is 144 Å². The summed E-state index contributed by atoms with van der Waals surface area (Å²) in [6.45, 7) is 4.22. The highest BCUT2D eigenvalue weighted by molar-refractivity contribution is 5.82. The maximum atomic E-state index is 12.4. The van der Waals surface area contributed by atoms with Crippen LogP contribution in [-0.2, 0) is 16.6 Å². The molecule has 0 spiro atoms. The molecule has 1 aromatic carbocycles. The number of Topliss-reactive ketones (excluding diaryl/α,β-unsaturated/α-hetero) is 1. The van der Waals surface area contributed by atoms with Crippen LogP contribution in [0, 0.1) is 5.92 Å². The first kappa shape index (κ1) is 17.3. The summed E-state index contributed by atoms with van der Waals surface area (Å²) in [5, 5.41) is 11.7. The minimum atomic E-state index is -0.871. The summed E-state index contributed by atoms with van der Waals surface area (Å²) in [7, 11) is 3.26. The fourth-order valence-electron chi connectivity index (χ4n) is 5.19. The molecule has 1 fully saturated rings. The van der Waals surface area contributed by atoms with Crippen LogP contribution in [0.4, 0.5) is 0 Å².